The van der Waals surface area contributed by atoms with Crippen LogP contribution in [-0.4, -0.2) is 9.97 Å². The molecule has 0 aliphatic heterocycles. The number of fused-ring (bicyclic) bond motifs is 10. The normalized spacial score (nSPS) is 11.6. The Balaban J connectivity index is 0.00000264. The predicted octanol–water partition coefficient (Wildman–Crippen LogP) is 9.40. The molecule has 8 aromatic rings. The van der Waals surface area contributed by atoms with Crippen molar-refractivity contribution in [2.75, 3.05) is 0 Å². The quantitative estimate of drug-likeness (QED) is 0.134. The second-order valence-electron chi connectivity index (χ2n) is 10.2. The van der Waals surface area contributed by atoms with Gasteiger partial charge in [0.25, 0.3) is 0 Å². The minimum absolute atomic E-state index is 0. The summed E-state index contributed by atoms with van der Waals surface area (Å²) in [6, 6.07) is 36.5. The smallest absolute Gasteiger partial charge is 0.497 e. The van der Waals surface area contributed by atoms with Gasteiger partial charge in [-0.2, -0.15) is 0 Å². The number of aromatic nitrogens is 2. The summed E-state index contributed by atoms with van der Waals surface area (Å²) >= 11 is 0. The van der Waals surface area contributed by atoms with Crippen molar-refractivity contribution in [2.24, 2.45) is 0 Å². The summed E-state index contributed by atoms with van der Waals surface area (Å²) in [5, 5.41) is 11.0. The monoisotopic (exact) mass is 693 g/mol. The molecule has 0 spiro atoms. The van der Waals surface area contributed by atoms with Crippen molar-refractivity contribution in [2.45, 2.75) is 13.8 Å². The molecule has 0 amide bonds. The first-order valence-electron chi connectivity index (χ1n) is 13.1. The van der Waals surface area contributed by atoms with Crippen LogP contribution in [0.3, 0.4) is 0 Å². The van der Waals surface area contributed by atoms with Crippen molar-refractivity contribution in [1.29, 1.82) is 0 Å². The minimum Gasteiger partial charge on any atom is -0.497 e. The molecule has 0 bridgehead atoms. The zero-order valence-corrected chi connectivity index (χ0v) is 24.1. The van der Waals surface area contributed by atoms with Gasteiger partial charge in [0, 0.05) is 23.9 Å². The van der Waals surface area contributed by atoms with Gasteiger partial charge in [-0.1, -0.05) is 111 Å². The zero-order valence-electron chi connectivity index (χ0n) is 21.9. The van der Waals surface area contributed by atoms with Crippen molar-refractivity contribution < 1.29 is 25.8 Å². The summed E-state index contributed by atoms with van der Waals surface area (Å²) in [7, 11) is 0. The molecule has 0 aliphatic rings. The van der Waals surface area contributed by atoms with E-state index in [4.69, 9.17) is 14.7 Å². The second kappa shape index (κ2) is 9.40. The van der Waals surface area contributed by atoms with E-state index in [0.717, 1.165) is 65.3 Å². The molecule has 0 fully saturated rings. The average molecular weight is 694 g/mol. The molecule has 0 saturated heterocycles. The molecule has 40 heavy (non-hydrogen) atoms. The van der Waals surface area contributed by atoms with Crippen LogP contribution in [0.15, 0.2) is 97.3 Å². The molecule has 192 valence electrons. The summed E-state index contributed by atoms with van der Waals surface area (Å²) in [6.07, 6.45) is 3.88. The molecule has 0 atom stereocenters. The minimum atomic E-state index is 0. The fourth-order valence-electron chi connectivity index (χ4n) is 5.87. The summed E-state index contributed by atoms with van der Waals surface area (Å²) in [6.45, 7) is 4.21. The van der Waals surface area contributed by atoms with Crippen LogP contribution in [0.4, 0.5) is 0 Å². The fraction of sp³-hybridized carbons (Fsp3) is 0.0556. The fourth-order valence-corrected chi connectivity index (χ4v) is 5.87. The van der Waals surface area contributed by atoms with Crippen molar-refractivity contribution in [1.82, 2.24) is 9.97 Å². The number of aryl methyl sites for hydroxylation is 2. The molecule has 0 unspecified atom stereocenters. The molecule has 2 aromatic heterocycles. The van der Waals surface area contributed by atoms with Gasteiger partial charge in [-0.05, 0) is 43.4 Å². The van der Waals surface area contributed by atoms with Crippen LogP contribution in [-0.2, 0) is 21.1 Å². The van der Waals surface area contributed by atoms with Gasteiger partial charge in [0.1, 0.15) is 0 Å². The molecule has 4 heteroatoms. The second-order valence-corrected chi connectivity index (χ2v) is 10.2. The van der Waals surface area contributed by atoms with Gasteiger partial charge in [-0.3, -0.25) is 0 Å². The molecule has 0 N–H and O–H groups in total. The number of hydrogen-bond acceptors (Lipinski definition) is 3. The topological polar surface area (TPSA) is 35.0 Å². The Kier molecular flexibility index (Phi) is 5.80. The first-order valence-corrected chi connectivity index (χ1v) is 13.1. The molecular formula is C36H22N2OPt. The largest absolute Gasteiger partial charge is 2.00 e. The van der Waals surface area contributed by atoms with E-state index in [1.165, 1.54) is 10.8 Å². The van der Waals surface area contributed by atoms with E-state index in [2.05, 4.69) is 86.6 Å². The third-order valence-electron chi connectivity index (χ3n) is 7.78. The number of nitrogens with zero attached hydrogens (tertiary/aromatic N) is 2. The molecule has 8 rings (SSSR count). The van der Waals surface area contributed by atoms with Gasteiger partial charge in [-0.15, -0.1) is 32.7 Å². The molecule has 2 heterocycles. The van der Waals surface area contributed by atoms with Crippen LogP contribution in [0.1, 0.15) is 11.1 Å². The Morgan fingerprint density at radius 2 is 0.950 bits per heavy atom. The number of ether oxygens (including phenoxy) is 1. The van der Waals surface area contributed by atoms with Crippen LogP contribution >= 0.6 is 0 Å². The van der Waals surface area contributed by atoms with Gasteiger partial charge in [0.2, 0.25) is 0 Å². The van der Waals surface area contributed by atoms with Crippen molar-refractivity contribution in [3.8, 4) is 11.5 Å². The summed E-state index contributed by atoms with van der Waals surface area (Å²) in [5.74, 6) is 1.30. The first kappa shape index (κ1) is 24.7. The maximum absolute atomic E-state index is 6.46. The summed E-state index contributed by atoms with van der Waals surface area (Å²) in [4.78, 5) is 9.68. The van der Waals surface area contributed by atoms with Gasteiger partial charge >= 0.3 is 21.1 Å². The molecule has 0 radical (unpaired) electrons. The Labute approximate surface area is 245 Å². The Hall–Kier alpha value is -4.33. The van der Waals surface area contributed by atoms with E-state index in [-0.39, 0.29) is 21.1 Å². The third-order valence-corrected chi connectivity index (χ3v) is 7.78. The van der Waals surface area contributed by atoms with Crippen LogP contribution in [0.25, 0.3) is 64.9 Å². The Morgan fingerprint density at radius 1 is 0.525 bits per heavy atom. The number of rotatable bonds is 2. The average Bonchev–Trinajstić information content (AvgIpc) is 2.96. The van der Waals surface area contributed by atoms with E-state index < -0.39 is 0 Å². The third kappa shape index (κ3) is 3.77. The van der Waals surface area contributed by atoms with E-state index >= 15 is 0 Å². The predicted molar refractivity (Wildman–Crippen MR) is 161 cm³/mol. The van der Waals surface area contributed by atoms with E-state index in [1.54, 1.807) is 0 Å². The van der Waals surface area contributed by atoms with E-state index in [1.807, 2.05) is 36.7 Å². The van der Waals surface area contributed by atoms with Crippen LogP contribution < -0.4 is 4.74 Å². The van der Waals surface area contributed by atoms with Gasteiger partial charge in [0.05, 0.1) is 0 Å². The molecule has 3 nitrogen and oxygen atoms in total. The molecule has 6 aromatic carbocycles. The van der Waals surface area contributed by atoms with Crippen LogP contribution in [0.2, 0.25) is 0 Å². The van der Waals surface area contributed by atoms with E-state index in [9.17, 15) is 0 Å². The van der Waals surface area contributed by atoms with Gasteiger partial charge < -0.3 is 14.7 Å². The number of hydrogen-bond donors (Lipinski definition) is 0. The molecule has 0 saturated carbocycles. The van der Waals surface area contributed by atoms with Crippen molar-refractivity contribution >= 4 is 64.9 Å². The number of benzene rings is 6. The number of pyridine rings is 2. The standard InChI is InChI=1S/C36H22N2O.Pt/c1-21-15-25(17-33-27(21)11-13-31-29-9-5-3-7-23(29)19-37-35(31)33)39-26-16-22(2)28-12-14-32-30-10-6-4-8-24(30)20-38-36(32)34(28)18-26;/h3-16,19-20H,1-2H3;/q-2;+2. The van der Waals surface area contributed by atoms with Gasteiger partial charge in [0.15, 0.2) is 0 Å². The van der Waals surface area contributed by atoms with Crippen molar-refractivity contribution in [3.63, 3.8) is 0 Å². The SMILES string of the molecule is Cc1cc(Oc2[c-]c3c(ccc4c5ccccc5cnc34)c(C)c2)[c-]c2c1ccc1c3ccccc3cnc21.[Pt+2]. The molecular weight excluding hydrogens is 671 g/mol. The first-order chi connectivity index (χ1) is 19.1. The van der Waals surface area contributed by atoms with Crippen LogP contribution in [0.5, 0.6) is 11.5 Å². The molecule has 0 aliphatic carbocycles. The maximum Gasteiger partial charge on any atom is 2.00 e. The Bertz CT molecular complexity index is 2130. The van der Waals surface area contributed by atoms with Gasteiger partial charge in [-0.25, -0.2) is 0 Å². The zero-order chi connectivity index (χ0) is 26.1. The Morgan fingerprint density at radius 3 is 1.43 bits per heavy atom. The van der Waals surface area contributed by atoms with E-state index in [0.29, 0.717) is 11.5 Å². The van der Waals surface area contributed by atoms with Crippen molar-refractivity contribution in [3.05, 3.63) is 121 Å². The van der Waals surface area contributed by atoms with Crippen LogP contribution in [0, 0.1) is 26.0 Å². The summed E-state index contributed by atoms with van der Waals surface area (Å²) in [5.41, 5.74) is 4.10. The summed E-state index contributed by atoms with van der Waals surface area (Å²) < 4.78 is 6.46. The maximum atomic E-state index is 6.46.